The maximum absolute atomic E-state index is 14.8. The van der Waals surface area contributed by atoms with Crippen molar-refractivity contribution < 1.29 is 27.4 Å². The second-order valence-corrected chi connectivity index (χ2v) is 8.61. The summed E-state index contributed by atoms with van der Waals surface area (Å²) in [7, 11) is 1.42. The Morgan fingerprint density at radius 3 is 2.24 bits per heavy atom. The summed E-state index contributed by atoms with van der Waals surface area (Å²) >= 11 is 0. The number of methoxy groups -OCH3 is 1. The lowest BCUT2D eigenvalue weighted by atomic mass is 9.82. The summed E-state index contributed by atoms with van der Waals surface area (Å²) in [5.41, 5.74) is 2.20. The highest BCUT2D eigenvalue weighted by molar-refractivity contribution is 5.90. The maximum Gasteiger partial charge on any atom is 0.341 e. The molecular formula is C28H27F3O3. The van der Waals surface area contributed by atoms with E-state index in [0.29, 0.717) is 31.2 Å². The van der Waals surface area contributed by atoms with Crippen LogP contribution < -0.4 is 4.74 Å². The van der Waals surface area contributed by atoms with Crippen LogP contribution in [0.4, 0.5) is 13.2 Å². The van der Waals surface area contributed by atoms with Gasteiger partial charge in [-0.15, -0.1) is 0 Å². The van der Waals surface area contributed by atoms with Gasteiger partial charge in [0.25, 0.3) is 0 Å². The Bertz CT molecular complexity index is 1170. The van der Waals surface area contributed by atoms with Crippen molar-refractivity contribution in [3.63, 3.8) is 0 Å². The van der Waals surface area contributed by atoms with Crippen molar-refractivity contribution in [2.75, 3.05) is 7.11 Å². The van der Waals surface area contributed by atoms with Crippen molar-refractivity contribution in [2.45, 2.75) is 51.0 Å². The van der Waals surface area contributed by atoms with Gasteiger partial charge in [-0.05, 0) is 72.9 Å². The summed E-state index contributed by atoms with van der Waals surface area (Å²) in [4.78, 5) is 12.6. The fourth-order valence-electron chi connectivity index (χ4n) is 4.52. The van der Waals surface area contributed by atoms with Crippen molar-refractivity contribution >= 4 is 5.97 Å². The van der Waals surface area contributed by atoms with Gasteiger partial charge in [0.15, 0.2) is 23.2 Å². The predicted molar refractivity (Wildman–Crippen MR) is 125 cm³/mol. The maximum atomic E-state index is 14.8. The molecule has 4 rings (SSSR count). The highest BCUT2D eigenvalue weighted by Gasteiger charge is 2.28. The summed E-state index contributed by atoms with van der Waals surface area (Å²) in [5, 5.41) is 0. The van der Waals surface area contributed by atoms with Gasteiger partial charge in [-0.1, -0.05) is 43.3 Å². The number of ether oxygens (including phenoxy) is 2. The van der Waals surface area contributed by atoms with E-state index < -0.39 is 35.1 Å². The molecule has 3 aromatic carbocycles. The third-order valence-electron chi connectivity index (χ3n) is 6.57. The van der Waals surface area contributed by atoms with E-state index in [2.05, 4.69) is 0 Å². The smallest absolute Gasteiger partial charge is 0.341 e. The molecule has 0 saturated heterocycles. The van der Waals surface area contributed by atoms with Crippen LogP contribution in [0.3, 0.4) is 0 Å². The first-order valence-corrected chi connectivity index (χ1v) is 11.5. The molecule has 0 heterocycles. The van der Waals surface area contributed by atoms with E-state index in [9.17, 15) is 18.0 Å². The number of halogens is 3. The number of carbonyl (C=O) groups excluding carboxylic acids is 1. The van der Waals surface area contributed by atoms with Crippen LogP contribution >= 0.6 is 0 Å². The van der Waals surface area contributed by atoms with Gasteiger partial charge in [0, 0.05) is 5.56 Å². The first-order chi connectivity index (χ1) is 16.4. The van der Waals surface area contributed by atoms with E-state index in [0.717, 1.165) is 17.5 Å². The number of aryl methyl sites for hydroxylation is 1. The second kappa shape index (κ2) is 10.3. The van der Waals surface area contributed by atoms with E-state index in [1.165, 1.54) is 25.3 Å². The van der Waals surface area contributed by atoms with Crippen LogP contribution in [-0.4, -0.2) is 19.2 Å². The molecule has 6 heteroatoms. The summed E-state index contributed by atoms with van der Waals surface area (Å²) in [6.45, 7) is 2.01. The van der Waals surface area contributed by atoms with Gasteiger partial charge < -0.3 is 9.47 Å². The quantitative estimate of drug-likeness (QED) is 0.358. The summed E-state index contributed by atoms with van der Waals surface area (Å²) in [5.74, 6) is -3.21. The zero-order valence-corrected chi connectivity index (χ0v) is 19.2. The molecule has 0 aromatic heterocycles. The topological polar surface area (TPSA) is 35.5 Å². The number of carbonyl (C=O) groups is 1. The molecular weight excluding hydrogens is 441 g/mol. The standard InChI is InChI=1S/C28H27F3O3/c1-3-17-4-6-19(7-5-17)22-13-14-23(27(31)26(22)30)28(32)34-21-11-8-18(9-12-21)20-10-15-25(33-2)24(29)16-20/h4-7,10,13-16,18,21H,3,8-9,11-12H2,1-2H3. The Kier molecular flexibility index (Phi) is 7.25. The van der Waals surface area contributed by atoms with Crippen molar-refractivity contribution in [2.24, 2.45) is 0 Å². The molecule has 0 radical (unpaired) electrons. The Hall–Kier alpha value is -3.28. The van der Waals surface area contributed by atoms with Gasteiger partial charge in [0.05, 0.1) is 12.7 Å². The number of rotatable bonds is 6. The third-order valence-corrected chi connectivity index (χ3v) is 6.57. The number of hydrogen-bond donors (Lipinski definition) is 0. The van der Waals surface area contributed by atoms with Gasteiger partial charge in [-0.2, -0.15) is 0 Å². The minimum absolute atomic E-state index is 0.101. The highest BCUT2D eigenvalue weighted by atomic mass is 19.2. The molecule has 0 atom stereocenters. The van der Waals surface area contributed by atoms with E-state index >= 15 is 0 Å². The predicted octanol–water partition coefficient (Wildman–Crippen LogP) is 7.23. The number of hydrogen-bond acceptors (Lipinski definition) is 3. The van der Waals surface area contributed by atoms with Crippen LogP contribution in [0.25, 0.3) is 11.1 Å². The summed E-state index contributed by atoms with van der Waals surface area (Å²) < 4.78 is 54.0. The average Bonchev–Trinajstić information content (AvgIpc) is 2.86. The first-order valence-electron chi connectivity index (χ1n) is 11.5. The van der Waals surface area contributed by atoms with Crippen molar-refractivity contribution in [3.05, 3.63) is 88.7 Å². The molecule has 3 nitrogen and oxygen atoms in total. The lowest BCUT2D eigenvalue weighted by molar-refractivity contribution is 0.0189. The summed E-state index contributed by atoms with van der Waals surface area (Å²) in [6.07, 6.45) is 2.99. The van der Waals surface area contributed by atoms with Crippen LogP contribution in [-0.2, 0) is 11.2 Å². The Labute approximate surface area is 197 Å². The molecule has 0 aliphatic heterocycles. The van der Waals surface area contributed by atoms with Gasteiger partial charge >= 0.3 is 5.97 Å². The summed E-state index contributed by atoms with van der Waals surface area (Å²) in [6, 6.07) is 14.8. The van der Waals surface area contributed by atoms with Crippen molar-refractivity contribution in [1.29, 1.82) is 0 Å². The minimum Gasteiger partial charge on any atom is -0.494 e. The molecule has 0 N–H and O–H groups in total. The van der Waals surface area contributed by atoms with E-state index in [-0.39, 0.29) is 17.2 Å². The van der Waals surface area contributed by atoms with Crippen LogP contribution in [0.1, 0.15) is 60.0 Å². The van der Waals surface area contributed by atoms with Gasteiger partial charge in [0.1, 0.15) is 6.10 Å². The van der Waals surface area contributed by atoms with Crippen molar-refractivity contribution in [3.8, 4) is 16.9 Å². The number of esters is 1. The van der Waals surface area contributed by atoms with Crippen LogP contribution in [0.5, 0.6) is 5.75 Å². The zero-order chi connectivity index (χ0) is 24.2. The second-order valence-electron chi connectivity index (χ2n) is 8.61. The van der Waals surface area contributed by atoms with E-state index in [1.54, 1.807) is 18.2 Å². The molecule has 1 fully saturated rings. The molecule has 0 spiro atoms. The lowest BCUT2D eigenvalue weighted by Gasteiger charge is -2.28. The Morgan fingerprint density at radius 1 is 0.912 bits per heavy atom. The first kappa shape index (κ1) is 23.9. The van der Waals surface area contributed by atoms with Gasteiger partial charge in [0.2, 0.25) is 0 Å². The van der Waals surface area contributed by atoms with Gasteiger partial charge in [-0.3, -0.25) is 0 Å². The molecule has 1 saturated carbocycles. The third kappa shape index (κ3) is 4.96. The molecule has 178 valence electrons. The van der Waals surface area contributed by atoms with Crippen LogP contribution in [0, 0.1) is 17.5 Å². The molecule has 0 unspecified atom stereocenters. The molecule has 3 aromatic rings. The molecule has 1 aliphatic rings. The molecule has 34 heavy (non-hydrogen) atoms. The normalized spacial score (nSPS) is 17.9. The van der Waals surface area contributed by atoms with Crippen LogP contribution in [0.15, 0.2) is 54.6 Å². The molecule has 0 bridgehead atoms. The molecule has 1 aliphatic carbocycles. The zero-order valence-electron chi connectivity index (χ0n) is 19.2. The fourth-order valence-corrected chi connectivity index (χ4v) is 4.52. The van der Waals surface area contributed by atoms with E-state index in [1.807, 2.05) is 25.1 Å². The number of benzene rings is 3. The van der Waals surface area contributed by atoms with Crippen molar-refractivity contribution in [1.82, 2.24) is 0 Å². The fraction of sp³-hybridized carbons (Fsp3) is 0.321. The molecule has 0 amide bonds. The monoisotopic (exact) mass is 468 g/mol. The van der Waals surface area contributed by atoms with Gasteiger partial charge in [-0.25, -0.2) is 18.0 Å². The largest absolute Gasteiger partial charge is 0.494 e. The Morgan fingerprint density at radius 2 is 1.62 bits per heavy atom. The lowest BCUT2D eigenvalue weighted by Crippen LogP contribution is -2.24. The highest BCUT2D eigenvalue weighted by Crippen LogP contribution is 2.36. The Balaban J connectivity index is 1.40. The SMILES string of the molecule is CCc1ccc(-c2ccc(C(=O)OC3CCC(c4ccc(OC)c(F)c4)CC3)c(F)c2F)cc1. The minimum atomic E-state index is -1.20. The van der Waals surface area contributed by atoms with Crippen LogP contribution in [0.2, 0.25) is 0 Å². The average molecular weight is 469 g/mol. The van der Waals surface area contributed by atoms with E-state index in [4.69, 9.17) is 9.47 Å².